The molecule has 2 fully saturated rings. The maximum Gasteiger partial charge on any atom is 0.223 e. The van der Waals surface area contributed by atoms with E-state index in [4.69, 9.17) is 23.2 Å². The van der Waals surface area contributed by atoms with Crippen LogP contribution in [0.15, 0.2) is 18.2 Å². The Morgan fingerprint density at radius 3 is 2.75 bits per heavy atom. The highest BCUT2D eigenvalue weighted by Gasteiger charge is 2.43. The Kier molecular flexibility index (Phi) is 3.93. The second-order valence-corrected chi connectivity index (χ2v) is 6.76. The van der Waals surface area contributed by atoms with Gasteiger partial charge in [0.15, 0.2) is 0 Å². The van der Waals surface area contributed by atoms with Gasteiger partial charge >= 0.3 is 0 Å². The van der Waals surface area contributed by atoms with Crippen LogP contribution in [0.2, 0.25) is 10.0 Å². The van der Waals surface area contributed by atoms with Crippen molar-refractivity contribution in [1.29, 1.82) is 0 Å². The van der Waals surface area contributed by atoms with E-state index < -0.39 is 0 Å². The van der Waals surface area contributed by atoms with Crippen LogP contribution >= 0.6 is 23.2 Å². The normalized spacial score (nSPS) is 21.7. The van der Waals surface area contributed by atoms with Crippen LogP contribution in [0, 0.1) is 5.41 Å². The number of nitrogens with zero attached hydrogens (tertiary/aromatic N) is 1. The Morgan fingerprint density at radius 2 is 2.00 bits per heavy atom. The second kappa shape index (κ2) is 5.55. The van der Waals surface area contributed by atoms with Crippen LogP contribution in [0.25, 0.3) is 0 Å². The van der Waals surface area contributed by atoms with Crippen molar-refractivity contribution in [2.24, 2.45) is 5.41 Å². The molecule has 1 amide bonds. The van der Waals surface area contributed by atoms with Gasteiger partial charge in [0.1, 0.15) is 0 Å². The molecule has 2 saturated heterocycles. The first-order valence-electron chi connectivity index (χ1n) is 7.00. The van der Waals surface area contributed by atoms with Crippen molar-refractivity contribution in [3.63, 3.8) is 0 Å². The second-order valence-electron chi connectivity index (χ2n) is 5.91. The smallest absolute Gasteiger partial charge is 0.223 e. The van der Waals surface area contributed by atoms with Gasteiger partial charge in [-0.25, -0.2) is 0 Å². The number of nitrogens with one attached hydrogen (secondary N) is 1. The molecule has 0 atom stereocenters. The molecule has 2 aliphatic heterocycles. The van der Waals surface area contributed by atoms with E-state index in [-0.39, 0.29) is 11.3 Å². The lowest BCUT2D eigenvalue weighted by Gasteiger charge is -2.33. The molecule has 0 radical (unpaired) electrons. The number of piperidine rings is 1. The SMILES string of the molecule is O=C1CC2(CCNCC2)CN1Cc1cc(Cl)ccc1Cl. The van der Waals surface area contributed by atoms with E-state index in [1.165, 1.54) is 0 Å². The van der Waals surface area contributed by atoms with Gasteiger partial charge in [-0.1, -0.05) is 23.2 Å². The van der Waals surface area contributed by atoms with E-state index >= 15 is 0 Å². The molecule has 1 N–H and O–H groups in total. The topological polar surface area (TPSA) is 32.3 Å². The monoisotopic (exact) mass is 312 g/mol. The summed E-state index contributed by atoms with van der Waals surface area (Å²) >= 11 is 12.2. The zero-order valence-electron chi connectivity index (χ0n) is 11.3. The molecule has 0 aliphatic carbocycles. The zero-order chi connectivity index (χ0) is 14.2. The fourth-order valence-electron chi connectivity index (χ4n) is 3.29. The maximum atomic E-state index is 12.3. The van der Waals surface area contributed by atoms with Crippen LogP contribution < -0.4 is 5.32 Å². The molecular weight excluding hydrogens is 295 g/mol. The van der Waals surface area contributed by atoms with E-state index in [1.54, 1.807) is 12.1 Å². The van der Waals surface area contributed by atoms with Gasteiger partial charge in [-0.3, -0.25) is 4.79 Å². The summed E-state index contributed by atoms with van der Waals surface area (Å²) in [5.41, 5.74) is 1.10. The van der Waals surface area contributed by atoms with Gasteiger partial charge in [0.05, 0.1) is 0 Å². The molecule has 0 saturated carbocycles. The molecule has 2 heterocycles. The number of carbonyl (C=O) groups excluding carboxylic acids is 1. The maximum absolute atomic E-state index is 12.3. The molecule has 3 rings (SSSR count). The highest BCUT2D eigenvalue weighted by Crippen LogP contribution is 2.40. The summed E-state index contributed by atoms with van der Waals surface area (Å²) < 4.78 is 0. The van der Waals surface area contributed by atoms with Gasteiger partial charge in [-0.2, -0.15) is 0 Å². The van der Waals surface area contributed by atoms with E-state index in [0.29, 0.717) is 23.0 Å². The molecule has 5 heteroatoms. The van der Waals surface area contributed by atoms with Crippen molar-refractivity contribution >= 4 is 29.1 Å². The largest absolute Gasteiger partial charge is 0.338 e. The van der Waals surface area contributed by atoms with Crippen molar-refractivity contribution in [1.82, 2.24) is 10.2 Å². The summed E-state index contributed by atoms with van der Waals surface area (Å²) in [5.74, 6) is 0.239. The Labute approximate surface area is 129 Å². The van der Waals surface area contributed by atoms with Gasteiger partial charge in [0, 0.05) is 29.6 Å². The van der Waals surface area contributed by atoms with Gasteiger partial charge in [-0.05, 0) is 55.1 Å². The third-order valence-corrected chi connectivity index (χ3v) is 5.04. The number of likely N-dealkylation sites (tertiary alicyclic amines) is 1. The Bertz CT molecular complexity index is 527. The van der Waals surface area contributed by atoms with Gasteiger partial charge in [0.2, 0.25) is 5.91 Å². The van der Waals surface area contributed by atoms with Crippen molar-refractivity contribution in [3.8, 4) is 0 Å². The summed E-state index contributed by atoms with van der Waals surface area (Å²) in [6, 6.07) is 5.41. The summed E-state index contributed by atoms with van der Waals surface area (Å²) in [6.45, 7) is 3.43. The van der Waals surface area contributed by atoms with Crippen LogP contribution in [0.5, 0.6) is 0 Å². The zero-order valence-corrected chi connectivity index (χ0v) is 12.8. The molecular formula is C15H18Cl2N2O. The number of halogens is 2. The first-order valence-corrected chi connectivity index (χ1v) is 7.76. The summed E-state index contributed by atoms with van der Waals surface area (Å²) in [6.07, 6.45) is 2.84. The van der Waals surface area contributed by atoms with E-state index in [0.717, 1.165) is 38.0 Å². The third-order valence-electron chi connectivity index (χ3n) is 4.44. The summed E-state index contributed by atoms with van der Waals surface area (Å²) in [7, 11) is 0. The Morgan fingerprint density at radius 1 is 1.25 bits per heavy atom. The quantitative estimate of drug-likeness (QED) is 0.910. The van der Waals surface area contributed by atoms with Gasteiger partial charge in [0.25, 0.3) is 0 Å². The summed E-state index contributed by atoms with van der Waals surface area (Å²) in [5, 5.41) is 4.70. The molecule has 0 bridgehead atoms. The standard InChI is InChI=1S/C15H18Cl2N2O/c16-12-1-2-13(17)11(7-12)9-19-10-15(8-14(19)20)3-5-18-6-4-15/h1-2,7,18H,3-6,8-10H2. The average Bonchev–Trinajstić information content (AvgIpc) is 2.71. The van der Waals surface area contributed by atoms with Crippen LogP contribution in [-0.4, -0.2) is 30.4 Å². The number of carbonyl (C=O) groups is 1. The number of hydrogen-bond acceptors (Lipinski definition) is 2. The van der Waals surface area contributed by atoms with Crippen molar-refractivity contribution in [2.45, 2.75) is 25.8 Å². The van der Waals surface area contributed by atoms with Crippen LogP contribution in [0.3, 0.4) is 0 Å². The first-order chi connectivity index (χ1) is 9.58. The number of hydrogen-bond donors (Lipinski definition) is 1. The van der Waals surface area contributed by atoms with Crippen LogP contribution in [0.4, 0.5) is 0 Å². The number of amides is 1. The third kappa shape index (κ3) is 2.80. The summed E-state index contributed by atoms with van der Waals surface area (Å²) in [4.78, 5) is 14.2. The highest BCUT2D eigenvalue weighted by molar-refractivity contribution is 6.33. The molecule has 3 nitrogen and oxygen atoms in total. The lowest BCUT2D eigenvalue weighted by Crippen LogP contribution is -2.38. The van der Waals surface area contributed by atoms with E-state index in [9.17, 15) is 4.79 Å². The molecule has 2 aliphatic rings. The first kappa shape index (κ1) is 14.2. The van der Waals surface area contributed by atoms with Crippen LogP contribution in [-0.2, 0) is 11.3 Å². The predicted molar refractivity (Wildman–Crippen MR) is 81.0 cm³/mol. The molecule has 1 spiro atoms. The molecule has 0 aromatic heterocycles. The van der Waals surface area contributed by atoms with Crippen molar-refractivity contribution < 1.29 is 4.79 Å². The number of rotatable bonds is 2. The number of benzene rings is 1. The molecule has 0 unspecified atom stereocenters. The minimum absolute atomic E-state index is 0.174. The van der Waals surface area contributed by atoms with Crippen molar-refractivity contribution in [3.05, 3.63) is 33.8 Å². The van der Waals surface area contributed by atoms with Crippen molar-refractivity contribution in [2.75, 3.05) is 19.6 Å². The minimum Gasteiger partial charge on any atom is -0.338 e. The Balaban J connectivity index is 1.75. The average molecular weight is 313 g/mol. The van der Waals surface area contributed by atoms with E-state index in [1.807, 2.05) is 11.0 Å². The molecule has 20 heavy (non-hydrogen) atoms. The fraction of sp³-hybridized carbons (Fsp3) is 0.533. The fourth-order valence-corrected chi connectivity index (χ4v) is 3.66. The predicted octanol–water partition coefficient (Wildman–Crippen LogP) is 3.10. The van der Waals surface area contributed by atoms with Gasteiger partial charge in [-0.15, -0.1) is 0 Å². The minimum atomic E-state index is 0.174. The van der Waals surface area contributed by atoms with E-state index in [2.05, 4.69) is 5.32 Å². The lowest BCUT2D eigenvalue weighted by atomic mass is 9.78. The molecule has 1 aromatic rings. The highest BCUT2D eigenvalue weighted by atomic mass is 35.5. The lowest BCUT2D eigenvalue weighted by molar-refractivity contribution is -0.128. The Hall–Kier alpha value is -0.770. The van der Waals surface area contributed by atoms with Crippen LogP contribution in [0.1, 0.15) is 24.8 Å². The molecule has 1 aromatic carbocycles. The molecule has 108 valence electrons. The van der Waals surface area contributed by atoms with Gasteiger partial charge < -0.3 is 10.2 Å².